The average molecular weight is 388 g/mol. The third-order valence-electron chi connectivity index (χ3n) is 6.38. The quantitative estimate of drug-likeness (QED) is 0.683. The van der Waals surface area contributed by atoms with Crippen LogP contribution in [0.3, 0.4) is 0 Å². The number of hydrogen-bond donors (Lipinski definition) is 0. The standard InChI is InChI=1S/C22H23Cl2NO/c23-18-5-7-21(24)17(8-18)12-26-20-6-4-15-10-22(11-16(15)9-20)13-25(14-22)19-2-1-3-19/h4-9,19H,1-3,10-14H2. The summed E-state index contributed by atoms with van der Waals surface area (Å²) in [5.74, 6) is 0.923. The summed E-state index contributed by atoms with van der Waals surface area (Å²) in [6.07, 6.45) is 6.67. The van der Waals surface area contributed by atoms with Crippen LogP contribution in [0.4, 0.5) is 0 Å². The van der Waals surface area contributed by atoms with E-state index in [1.807, 2.05) is 12.1 Å². The molecule has 1 aliphatic heterocycles. The molecular formula is C22H23Cl2NO. The van der Waals surface area contributed by atoms with Crippen LogP contribution < -0.4 is 4.74 Å². The highest BCUT2D eigenvalue weighted by Crippen LogP contribution is 2.47. The molecule has 5 rings (SSSR count). The molecule has 136 valence electrons. The molecule has 0 unspecified atom stereocenters. The van der Waals surface area contributed by atoms with Gasteiger partial charge < -0.3 is 4.74 Å². The number of likely N-dealkylation sites (tertiary alicyclic amines) is 1. The average Bonchev–Trinajstić information content (AvgIpc) is 2.92. The predicted molar refractivity (Wildman–Crippen MR) is 106 cm³/mol. The monoisotopic (exact) mass is 387 g/mol. The Bertz CT molecular complexity index is 840. The van der Waals surface area contributed by atoms with Gasteiger partial charge in [0.2, 0.25) is 0 Å². The molecule has 3 aliphatic rings. The Morgan fingerprint density at radius 2 is 1.81 bits per heavy atom. The van der Waals surface area contributed by atoms with E-state index in [0.717, 1.165) is 17.4 Å². The molecule has 0 aromatic heterocycles. The summed E-state index contributed by atoms with van der Waals surface area (Å²) in [6, 6.07) is 13.0. The second-order valence-electron chi connectivity index (χ2n) is 8.30. The normalized spacial score (nSPS) is 21.3. The fourth-order valence-electron chi connectivity index (χ4n) is 4.76. The number of ether oxygens (including phenoxy) is 1. The van der Waals surface area contributed by atoms with Crippen LogP contribution in [0.1, 0.15) is 36.0 Å². The summed E-state index contributed by atoms with van der Waals surface area (Å²) in [4.78, 5) is 2.70. The molecule has 2 aliphatic carbocycles. The van der Waals surface area contributed by atoms with Crippen molar-refractivity contribution in [3.8, 4) is 5.75 Å². The van der Waals surface area contributed by atoms with Crippen LogP contribution in [0.2, 0.25) is 10.0 Å². The molecule has 0 bridgehead atoms. The number of nitrogens with zero attached hydrogens (tertiary/aromatic N) is 1. The van der Waals surface area contributed by atoms with Gasteiger partial charge in [0.05, 0.1) is 0 Å². The van der Waals surface area contributed by atoms with Gasteiger partial charge in [0.1, 0.15) is 12.4 Å². The number of benzene rings is 2. The Kier molecular flexibility index (Phi) is 4.19. The van der Waals surface area contributed by atoms with Crippen molar-refractivity contribution in [3.63, 3.8) is 0 Å². The van der Waals surface area contributed by atoms with Crippen LogP contribution in [0.5, 0.6) is 5.75 Å². The molecule has 0 N–H and O–H groups in total. The second-order valence-corrected chi connectivity index (χ2v) is 9.14. The predicted octanol–water partition coefficient (Wildman–Crippen LogP) is 5.53. The van der Waals surface area contributed by atoms with E-state index in [-0.39, 0.29) is 0 Å². The number of rotatable bonds is 4. The van der Waals surface area contributed by atoms with Crippen LogP contribution in [0.15, 0.2) is 36.4 Å². The Balaban J connectivity index is 1.24. The largest absolute Gasteiger partial charge is 0.489 e. The maximum Gasteiger partial charge on any atom is 0.120 e. The Hall–Kier alpha value is -1.22. The first-order valence-corrected chi connectivity index (χ1v) is 10.3. The lowest BCUT2D eigenvalue weighted by atomic mass is 9.74. The van der Waals surface area contributed by atoms with E-state index in [0.29, 0.717) is 22.1 Å². The van der Waals surface area contributed by atoms with Crippen LogP contribution >= 0.6 is 23.2 Å². The Labute approximate surface area is 165 Å². The molecule has 1 spiro atoms. The van der Waals surface area contributed by atoms with E-state index in [1.165, 1.54) is 56.3 Å². The van der Waals surface area contributed by atoms with E-state index >= 15 is 0 Å². The molecule has 2 aromatic carbocycles. The maximum absolute atomic E-state index is 6.23. The Morgan fingerprint density at radius 1 is 1.00 bits per heavy atom. The second kappa shape index (κ2) is 6.44. The third kappa shape index (κ3) is 3.02. The fraction of sp³-hybridized carbons (Fsp3) is 0.455. The smallest absolute Gasteiger partial charge is 0.120 e. The maximum atomic E-state index is 6.23. The molecule has 1 saturated heterocycles. The van der Waals surface area contributed by atoms with Crippen molar-refractivity contribution in [2.75, 3.05) is 13.1 Å². The molecule has 0 amide bonds. The van der Waals surface area contributed by atoms with Crippen molar-refractivity contribution in [1.29, 1.82) is 0 Å². The highest BCUT2D eigenvalue weighted by Gasteiger charge is 2.49. The van der Waals surface area contributed by atoms with E-state index in [9.17, 15) is 0 Å². The van der Waals surface area contributed by atoms with Gasteiger partial charge in [0.15, 0.2) is 0 Å². The van der Waals surface area contributed by atoms with E-state index in [4.69, 9.17) is 27.9 Å². The van der Waals surface area contributed by atoms with E-state index in [1.54, 1.807) is 6.07 Å². The van der Waals surface area contributed by atoms with Crippen LogP contribution in [-0.2, 0) is 19.4 Å². The number of halogens is 2. The first-order valence-electron chi connectivity index (χ1n) is 9.53. The highest BCUT2D eigenvalue weighted by atomic mass is 35.5. The summed E-state index contributed by atoms with van der Waals surface area (Å²) in [5, 5.41) is 1.38. The lowest BCUT2D eigenvalue weighted by Gasteiger charge is -2.54. The van der Waals surface area contributed by atoms with Crippen molar-refractivity contribution < 1.29 is 4.74 Å². The minimum Gasteiger partial charge on any atom is -0.489 e. The van der Waals surface area contributed by atoms with Gasteiger partial charge in [-0.1, -0.05) is 35.7 Å². The molecule has 2 aromatic rings. The number of hydrogen-bond acceptors (Lipinski definition) is 2. The van der Waals surface area contributed by atoms with Crippen LogP contribution in [-0.4, -0.2) is 24.0 Å². The zero-order valence-corrected chi connectivity index (χ0v) is 16.3. The van der Waals surface area contributed by atoms with Crippen LogP contribution in [0.25, 0.3) is 0 Å². The zero-order valence-electron chi connectivity index (χ0n) is 14.8. The molecule has 0 radical (unpaired) electrons. The summed E-state index contributed by atoms with van der Waals surface area (Å²) in [6.45, 7) is 3.00. The van der Waals surface area contributed by atoms with E-state index in [2.05, 4.69) is 23.1 Å². The van der Waals surface area contributed by atoms with Gasteiger partial charge in [-0.05, 0) is 67.1 Å². The molecule has 0 atom stereocenters. The van der Waals surface area contributed by atoms with Crippen molar-refractivity contribution in [2.24, 2.45) is 5.41 Å². The SMILES string of the molecule is Clc1ccc(Cl)c(COc2ccc3c(c2)CC2(C3)CN(C3CCC3)C2)c1. The van der Waals surface area contributed by atoms with E-state index < -0.39 is 0 Å². The number of fused-ring (bicyclic) bond motifs is 1. The molecule has 26 heavy (non-hydrogen) atoms. The van der Waals surface area contributed by atoms with Gasteiger partial charge >= 0.3 is 0 Å². The summed E-state index contributed by atoms with van der Waals surface area (Å²) >= 11 is 12.3. The topological polar surface area (TPSA) is 12.5 Å². The fourth-order valence-corrected chi connectivity index (χ4v) is 5.13. The summed E-state index contributed by atoms with van der Waals surface area (Å²) in [7, 11) is 0. The summed E-state index contributed by atoms with van der Waals surface area (Å²) in [5.41, 5.74) is 4.39. The Morgan fingerprint density at radius 3 is 2.58 bits per heavy atom. The molecule has 1 saturated carbocycles. The van der Waals surface area contributed by atoms with Gasteiger partial charge in [-0.25, -0.2) is 0 Å². The van der Waals surface area contributed by atoms with Gasteiger partial charge in [-0.2, -0.15) is 0 Å². The van der Waals surface area contributed by atoms with Gasteiger partial charge in [0.25, 0.3) is 0 Å². The zero-order chi connectivity index (χ0) is 17.7. The van der Waals surface area contributed by atoms with Gasteiger partial charge in [-0.3, -0.25) is 4.90 Å². The minimum atomic E-state index is 0.443. The van der Waals surface area contributed by atoms with Crippen molar-refractivity contribution in [1.82, 2.24) is 4.90 Å². The lowest BCUT2D eigenvalue weighted by Crippen LogP contribution is -2.61. The molecule has 4 heteroatoms. The molecule has 2 nitrogen and oxygen atoms in total. The first-order chi connectivity index (χ1) is 12.6. The highest BCUT2D eigenvalue weighted by molar-refractivity contribution is 6.33. The van der Waals surface area contributed by atoms with Gasteiger partial charge in [-0.15, -0.1) is 0 Å². The van der Waals surface area contributed by atoms with Crippen molar-refractivity contribution in [3.05, 3.63) is 63.1 Å². The molecule has 2 fully saturated rings. The molecule has 1 heterocycles. The minimum absolute atomic E-state index is 0.443. The lowest BCUT2D eigenvalue weighted by molar-refractivity contribution is -0.0475. The van der Waals surface area contributed by atoms with Crippen molar-refractivity contribution >= 4 is 23.2 Å². The summed E-state index contributed by atoms with van der Waals surface area (Å²) < 4.78 is 6.01. The third-order valence-corrected chi connectivity index (χ3v) is 6.98. The van der Waals surface area contributed by atoms with Crippen molar-refractivity contribution in [2.45, 2.75) is 44.8 Å². The van der Waals surface area contributed by atoms with Gasteiger partial charge in [0, 0.05) is 40.2 Å². The molecular weight excluding hydrogens is 365 g/mol. The first kappa shape index (κ1) is 16.9. The van der Waals surface area contributed by atoms with Crippen LogP contribution in [0, 0.1) is 5.41 Å².